The van der Waals surface area contributed by atoms with Gasteiger partial charge in [0.25, 0.3) is 0 Å². The number of benzene rings is 5. The van der Waals surface area contributed by atoms with Crippen LogP contribution in [-0.2, 0) is 0 Å². The maximum absolute atomic E-state index is 15.8. The molecule has 0 amide bonds. The average molecular weight is 558 g/mol. The van der Waals surface area contributed by atoms with Crippen LogP contribution in [0.15, 0.2) is 84.9 Å². The van der Waals surface area contributed by atoms with E-state index in [-0.39, 0.29) is 17.2 Å². The van der Waals surface area contributed by atoms with E-state index in [2.05, 4.69) is 33.9 Å². The van der Waals surface area contributed by atoms with Gasteiger partial charge in [-0.05, 0) is 84.6 Å². The molecule has 0 radical (unpaired) electrons. The molecule has 6 aromatic rings. The van der Waals surface area contributed by atoms with Gasteiger partial charge in [0.1, 0.15) is 18.0 Å². The summed E-state index contributed by atoms with van der Waals surface area (Å²) in [4.78, 5) is 11.1. The third-order valence-electron chi connectivity index (χ3n) is 8.23. The van der Waals surface area contributed by atoms with E-state index in [1.54, 1.807) is 6.07 Å². The van der Waals surface area contributed by atoms with Gasteiger partial charge in [0.15, 0.2) is 22.9 Å². The van der Waals surface area contributed by atoms with Gasteiger partial charge >= 0.3 is 0 Å². The summed E-state index contributed by atoms with van der Waals surface area (Å²) in [6.07, 6.45) is 0. The summed E-state index contributed by atoms with van der Waals surface area (Å²) in [6, 6.07) is 31.0. The predicted molar refractivity (Wildman–Crippen MR) is 163 cm³/mol. The Morgan fingerprint density at radius 2 is 1.19 bits per heavy atom. The molecular weight excluding hydrogens is 537 g/mol. The molecule has 0 fully saturated rings. The molecule has 5 aromatic carbocycles. The zero-order chi connectivity index (χ0) is 29.4. The van der Waals surface area contributed by atoms with Crippen molar-refractivity contribution >= 4 is 27.8 Å². The van der Waals surface area contributed by atoms with E-state index in [9.17, 15) is 10.5 Å². The summed E-state index contributed by atoms with van der Waals surface area (Å²) in [5.41, 5.74) is 8.83. The molecule has 0 N–H and O–H groups in total. The SMILES string of the molecule is Cc1cc(N2c3ccccc3Oc3ccccc32)c(C)cc1-c1ccc2c3c(ccc(F)c13)-c1nc(C#N)c(C#N)nc1-2. The quantitative estimate of drug-likeness (QED) is 0.211. The first kappa shape index (κ1) is 24.7. The number of aromatic nitrogens is 2. The Morgan fingerprint density at radius 1 is 0.628 bits per heavy atom. The van der Waals surface area contributed by atoms with E-state index < -0.39 is 0 Å². The normalized spacial score (nSPS) is 12.2. The van der Waals surface area contributed by atoms with Gasteiger partial charge in [-0.1, -0.05) is 36.4 Å². The first-order valence-electron chi connectivity index (χ1n) is 13.7. The number of ether oxygens (including phenoxy) is 1. The van der Waals surface area contributed by atoms with Crippen molar-refractivity contribution in [2.45, 2.75) is 13.8 Å². The van der Waals surface area contributed by atoms with Gasteiger partial charge in [-0.15, -0.1) is 0 Å². The molecule has 0 unspecified atom stereocenters. The van der Waals surface area contributed by atoms with Crippen LogP contribution in [0.4, 0.5) is 21.5 Å². The Balaban J connectivity index is 1.33. The lowest BCUT2D eigenvalue weighted by Crippen LogP contribution is -2.16. The van der Waals surface area contributed by atoms with Gasteiger partial charge in [0.2, 0.25) is 0 Å². The fraction of sp³-hybridized carbons (Fsp3) is 0.0556. The molecule has 2 aliphatic rings. The standard InChI is InChI=1S/C36H20FN5O/c1-19-16-30(42-28-7-3-5-9-31(28)43-32-10-6-4-8-29(32)42)20(2)15-24(19)21-11-12-22-33-23(13-14-25(37)34(21)33)36-35(22)40-26(17-38)27(18-39)41-36/h3-16H,1-2H3. The molecule has 8 rings (SSSR count). The highest BCUT2D eigenvalue weighted by molar-refractivity contribution is 6.17. The number of anilines is 3. The molecular formula is C36H20FN5O. The fourth-order valence-corrected chi connectivity index (χ4v) is 6.34. The van der Waals surface area contributed by atoms with Crippen molar-refractivity contribution in [1.82, 2.24) is 9.97 Å². The van der Waals surface area contributed by atoms with Crippen LogP contribution < -0.4 is 9.64 Å². The number of nitrogens with zero attached hydrogens (tertiary/aromatic N) is 5. The number of para-hydroxylation sites is 4. The van der Waals surface area contributed by atoms with Crippen molar-refractivity contribution in [2.75, 3.05) is 4.90 Å². The van der Waals surface area contributed by atoms with Crippen LogP contribution >= 0.6 is 0 Å². The van der Waals surface area contributed by atoms with Crippen molar-refractivity contribution in [3.05, 3.63) is 113 Å². The van der Waals surface area contributed by atoms with Gasteiger partial charge in [0.05, 0.1) is 22.8 Å². The van der Waals surface area contributed by atoms with Crippen LogP contribution in [0.2, 0.25) is 0 Å². The van der Waals surface area contributed by atoms with Gasteiger partial charge in [0, 0.05) is 27.6 Å². The second kappa shape index (κ2) is 8.97. The Morgan fingerprint density at radius 3 is 1.79 bits per heavy atom. The summed E-state index contributed by atoms with van der Waals surface area (Å²) < 4.78 is 22.0. The smallest absolute Gasteiger partial charge is 0.177 e. The molecule has 0 saturated carbocycles. The third kappa shape index (κ3) is 3.43. The van der Waals surface area contributed by atoms with Crippen LogP contribution in [0.5, 0.6) is 11.5 Å². The Hall–Kier alpha value is -6.05. The molecule has 0 bridgehead atoms. The maximum Gasteiger partial charge on any atom is 0.177 e. The number of hydrogen-bond donors (Lipinski definition) is 0. The topological polar surface area (TPSA) is 85.8 Å². The molecule has 2 heterocycles. The second-order valence-electron chi connectivity index (χ2n) is 10.7. The van der Waals surface area contributed by atoms with E-state index in [1.165, 1.54) is 6.07 Å². The van der Waals surface area contributed by atoms with E-state index >= 15 is 4.39 Å². The number of halogens is 1. The van der Waals surface area contributed by atoms with Crippen LogP contribution in [0.3, 0.4) is 0 Å². The highest BCUT2D eigenvalue weighted by Gasteiger charge is 2.30. The van der Waals surface area contributed by atoms with Crippen molar-refractivity contribution in [1.29, 1.82) is 10.5 Å². The fourth-order valence-electron chi connectivity index (χ4n) is 6.34. The third-order valence-corrected chi connectivity index (χ3v) is 8.23. The van der Waals surface area contributed by atoms with Crippen molar-refractivity contribution in [2.24, 2.45) is 0 Å². The molecule has 0 saturated heterocycles. The van der Waals surface area contributed by atoms with Crippen LogP contribution in [0.1, 0.15) is 22.5 Å². The van der Waals surface area contributed by atoms with E-state index in [4.69, 9.17) is 4.74 Å². The largest absolute Gasteiger partial charge is 0.453 e. The molecule has 43 heavy (non-hydrogen) atoms. The lowest BCUT2D eigenvalue weighted by atomic mass is 9.90. The first-order valence-corrected chi connectivity index (χ1v) is 13.7. The molecule has 0 spiro atoms. The van der Waals surface area contributed by atoms with E-state index in [1.807, 2.05) is 79.7 Å². The molecule has 1 aromatic heterocycles. The van der Waals surface area contributed by atoms with Gasteiger partial charge in [-0.3, -0.25) is 0 Å². The molecule has 6 nitrogen and oxygen atoms in total. The van der Waals surface area contributed by atoms with Crippen molar-refractivity contribution < 1.29 is 9.13 Å². The zero-order valence-electron chi connectivity index (χ0n) is 23.1. The summed E-state index contributed by atoms with van der Waals surface area (Å²) in [5, 5.41) is 20.2. The Labute approximate surface area is 246 Å². The Bertz CT molecular complexity index is 2200. The van der Waals surface area contributed by atoms with Gasteiger partial charge in [-0.2, -0.15) is 10.5 Å². The lowest BCUT2D eigenvalue weighted by Gasteiger charge is -2.34. The monoisotopic (exact) mass is 557 g/mol. The van der Waals surface area contributed by atoms with Crippen LogP contribution in [-0.4, -0.2) is 9.97 Å². The summed E-state index contributed by atoms with van der Waals surface area (Å²) >= 11 is 0. The maximum atomic E-state index is 15.8. The number of rotatable bonds is 2. The lowest BCUT2D eigenvalue weighted by molar-refractivity contribution is 0.477. The predicted octanol–water partition coefficient (Wildman–Crippen LogP) is 9.02. The number of aryl methyl sites for hydroxylation is 2. The van der Waals surface area contributed by atoms with Crippen LogP contribution in [0, 0.1) is 42.3 Å². The summed E-state index contributed by atoms with van der Waals surface area (Å²) in [5.74, 6) is 1.19. The Kier molecular flexibility index (Phi) is 5.16. The summed E-state index contributed by atoms with van der Waals surface area (Å²) in [6.45, 7) is 4.10. The first-order chi connectivity index (χ1) is 21.0. The average Bonchev–Trinajstić information content (AvgIpc) is 3.34. The second-order valence-corrected chi connectivity index (χ2v) is 10.7. The minimum Gasteiger partial charge on any atom is -0.453 e. The number of fused-ring (bicyclic) bond motifs is 5. The van der Waals surface area contributed by atoms with Crippen molar-refractivity contribution in [3.63, 3.8) is 0 Å². The number of nitriles is 2. The molecule has 7 heteroatoms. The molecule has 202 valence electrons. The van der Waals surface area contributed by atoms with Crippen LogP contribution in [0.25, 0.3) is 44.4 Å². The number of hydrogen-bond acceptors (Lipinski definition) is 6. The highest BCUT2D eigenvalue weighted by Crippen LogP contribution is 2.53. The van der Waals surface area contributed by atoms with Gasteiger partial charge < -0.3 is 9.64 Å². The van der Waals surface area contributed by atoms with Crippen molar-refractivity contribution in [3.8, 4) is 57.3 Å². The zero-order valence-corrected chi connectivity index (χ0v) is 23.1. The highest BCUT2D eigenvalue weighted by atomic mass is 19.1. The molecule has 0 atom stereocenters. The van der Waals surface area contributed by atoms with Gasteiger partial charge in [-0.25, -0.2) is 14.4 Å². The molecule has 1 aliphatic carbocycles. The van der Waals surface area contributed by atoms with E-state index in [0.717, 1.165) is 50.8 Å². The summed E-state index contributed by atoms with van der Waals surface area (Å²) in [7, 11) is 0. The minimum absolute atomic E-state index is 0.0416. The van der Waals surface area contributed by atoms with E-state index in [0.29, 0.717) is 33.3 Å². The molecule has 1 aliphatic heterocycles. The minimum atomic E-state index is -0.360.